The lowest BCUT2D eigenvalue weighted by Gasteiger charge is -2.11. The molecule has 0 atom stereocenters. The van der Waals surface area contributed by atoms with Gasteiger partial charge in [-0.2, -0.15) is 5.10 Å². The monoisotopic (exact) mass is 403 g/mol. The maximum Gasteiger partial charge on any atom is 0.257 e. The Morgan fingerprint density at radius 3 is 2.52 bits per heavy atom. The van der Waals surface area contributed by atoms with Crippen LogP contribution in [0.15, 0.2) is 78.2 Å². The lowest BCUT2D eigenvalue weighted by molar-refractivity contribution is -0.111. The van der Waals surface area contributed by atoms with Crippen molar-refractivity contribution in [3.05, 3.63) is 100 Å². The summed E-state index contributed by atoms with van der Waals surface area (Å²) in [6.07, 6.45) is 1.81. The van der Waals surface area contributed by atoms with Gasteiger partial charge in [0.2, 0.25) is 0 Å². The molecule has 0 fully saturated rings. The molecule has 4 aromatic rings. The van der Waals surface area contributed by atoms with Crippen molar-refractivity contribution < 1.29 is 9.18 Å². The van der Waals surface area contributed by atoms with Crippen molar-refractivity contribution in [2.24, 2.45) is 0 Å². The smallest absolute Gasteiger partial charge is 0.257 e. The minimum Gasteiger partial charge on any atom is -0.306 e. The van der Waals surface area contributed by atoms with Crippen molar-refractivity contribution in [2.45, 2.75) is 6.92 Å². The van der Waals surface area contributed by atoms with Crippen LogP contribution in [0, 0.1) is 12.7 Å². The van der Waals surface area contributed by atoms with E-state index < -0.39 is 0 Å². The quantitative estimate of drug-likeness (QED) is 0.444. The number of hydrogen-bond acceptors (Lipinski definition) is 3. The van der Waals surface area contributed by atoms with Crippen molar-refractivity contribution in [3.8, 4) is 5.69 Å². The lowest BCUT2D eigenvalue weighted by atomic mass is 10.0. The molecule has 0 aliphatic heterocycles. The number of carbonyl (C=O) groups excluding carboxylic acids is 1. The Labute approximate surface area is 171 Å². The fourth-order valence-corrected chi connectivity index (χ4v) is 3.62. The molecule has 0 aliphatic carbocycles. The molecule has 0 saturated heterocycles. The third-order valence-electron chi connectivity index (χ3n) is 4.30. The first-order valence-corrected chi connectivity index (χ1v) is 9.93. The number of nitrogens with zero attached hydrogens (tertiary/aromatic N) is 2. The van der Waals surface area contributed by atoms with Gasteiger partial charge in [0, 0.05) is 16.5 Å². The van der Waals surface area contributed by atoms with Crippen LogP contribution in [-0.4, -0.2) is 15.7 Å². The average molecular weight is 403 g/mol. The van der Waals surface area contributed by atoms with E-state index >= 15 is 0 Å². The third-order valence-corrected chi connectivity index (χ3v) is 5.12. The number of amides is 1. The zero-order valence-electron chi connectivity index (χ0n) is 15.7. The number of para-hydroxylation sites is 1. The van der Waals surface area contributed by atoms with Crippen molar-refractivity contribution >= 4 is 34.7 Å². The SMILES string of the molecule is Cc1cc(NC(=O)/C(=C/c2cccs2)c2ccc(F)cc2)n(-c2ccccc2)n1. The number of nitrogens with one attached hydrogen (secondary N) is 1. The molecule has 2 heterocycles. The minimum atomic E-state index is -0.345. The highest BCUT2D eigenvalue weighted by atomic mass is 32.1. The van der Waals surface area contributed by atoms with Crippen LogP contribution in [0.1, 0.15) is 16.1 Å². The first-order chi connectivity index (χ1) is 14.1. The molecule has 0 bridgehead atoms. The van der Waals surface area contributed by atoms with E-state index in [0.717, 1.165) is 16.3 Å². The molecule has 4 nitrogen and oxygen atoms in total. The third kappa shape index (κ3) is 4.33. The Morgan fingerprint density at radius 2 is 1.83 bits per heavy atom. The largest absolute Gasteiger partial charge is 0.306 e. The molecule has 0 unspecified atom stereocenters. The molecular formula is C23H18FN3OS. The molecule has 0 aliphatic rings. The summed E-state index contributed by atoms with van der Waals surface area (Å²) in [6, 6.07) is 21.2. The lowest BCUT2D eigenvalue weighted by Crippen LogP contribution is -2.16. The van der Waals surface area contributed by atoms with Gasteiger partial charge in [-0.15, -0.1) is 11.3 Å². The highest BCUT2D eigenvalue weighted by molar-refractivity contribution is 7.11. The topological polar surface area (TPSA) is 46.9 Å². The molecule has 0 saturated carbocycles. The van der Waals surface area contributed by atoms with Crippen LogP contribution >= 0.6 is 11.3 Å². The van der Waals surface area contributed by atoms with Crippen molar-refractivity contribution in [2.75, 3.05) is 5.32 Å². The second kappa shape index (κ2) is 8.24. The molecule has 1 amide bonds. The van der Waals surface area contributed by atoms with E-state index in [0.29, 0.717) is 17.0 Å². The van der Waals surface area contributed by atoms with Gasteiger partial charge in [-0.1, -0.05) is 36.4 Å². The predicted molar refractivity (Wildman–Crippen MR) is 116 cm³/mol. The van der Waals surface area contributed by atoms with Crippen LogP contribution in [0.2, 0.25) is 0 Å². The molecule has 144 valence electrons. The van der Waals surface area contributed by atoms with E-state index in [-0.39, 0.29) is 11.7 Å². The number of anilines is 1. The van der Waals surface area contributed by atoms with Crippen LogP contribution in [0.25, 0.3) is 17.3 Å². The second-order valence-corrected chi connectivity index (χ2v) is 7.43. The number of aromatic nitrogens is 2. The molecule has 0 spiro atoms. The van der Waals surface area contributed by atoms with E-state index in [1.165, 1.54) is 23.5 Å². The Hall–Kier alpha value is -3.51. The van der Waals surface area contributed by atoms with Gasteiger partial charge in [0.1, 0.15) is 11.6 Å². The molecule has 1 N–H and O–H groups in total. The van der Waals surface area contributed by atoms with Crippen LogP contribution in [0.3, 0.4) is 0 Å². The number of carbonyl (C=O) groups is 1. The van der Waals surface area contributed by atoms with Gasteiger partial charge < -0.3 is 5.32 Å². The molecule has 0 radical (unpaired) electrons. The number of aryl methyl sites for hydroxylation is 1. The van der Waals surface area contributed by atoms with E-state index in [2.05, 4.69) is 10.4 Å². The fraction of sp³-hybridized carbons (Fsp3) is 0.0435. The van der Waals surface area contributed by atoms with E-state index in [9.17, 15) is 9.18 Å². The first-order valence-electron chi connectivity index (χ1n) is 9.05. The van der Waals surface area contributed by atoms with Crippen molar-refractivity contribution in [3.63, 3.8) is 0 Å². The number of halogens is 1. The molecule has 6 heteroatoms. The highest BCUT2D eigenvalue weighted by Crippen LogP contribution is 2.24. The summed E-state index contributed by atoms with van der Waals surface area (Å²) in [5.41, 5.74) is 2.72. The standard InChI is InChI=1S/C23H18FN3OS/c1-16-14-22(27(26-16)19-6-3-2-4-7-19)25-23(28)21(15-20-8-5-13-29-20)17-9-11-18(24)12-10-17/h2-15H,1H3,(H,25,28)/b21-15+. The number of rotatable bonds is 5. The molecule has 29 heavy (non-hydrogen) atoms. The van der Waals surface area contributed by atoms with E-state index in [4.69, 9.17) is 0 Å². The maximum absolute atomic E-state index is 13.4. The Morgan fingerprint density at radius 1 is 1.07 bits per heavy atom. The summed E-state index contributed by atoms with van der Waals surface area (Å²) in [6.45, 7) is 1.87. The summed E-state index contributed by atoms with van der Waals surface area (Å²) in [7, 11) is 0. The van der Waals surface area contributed by atoms with Crippen molar-refractivity contribution in [1.29, 1.82) is 0 Å². The van der Waals surface area contributed by atoms with Gasteiger partial charge in [-0.3, -0.25) is 4.79 Å². The minimum absolute atomic E-state index is 0.290. The summed E-state index contributed by atoms with van der Waals surface area (Å²) < 4.78 is 15.1. The van der Waals surface area contributed by atoms with E-state index in [1.807, 2.05) is 66.9 Å². The Balaban J connectivity index is 1.70. The zero-order valence-corrected chi connectivity index (χ0v) is 16.5. The van der Waals surface area contributed by atoms with Crippen LogP contribution in [0.4, 0.5) is 10.2 Å². The molecular weight excluding hydrogens is 385 g/mol. The molecule has 2 aromatic carbocycles. The highest BCUT2D eigenvalue weighted by Gasteiger charge is 2.16. The van der Waals surface area contributed by atoms with E-state index in [1.54, 1.807) is 16.8 Å². The van der Waals surface area contributed by atoms with Gasteiger partial charge in [-0.25, -0.2) is 9.07 Å². The van der Waals surface area contributed by atoms with Gasteiger partial charge in [-0.05, 0) is 54.3 Å². The van der Waals surface area contributed by atoms with Crippen LogP contribution in [0.5, 0.6) is 0 Å². The predicted octanol–water partition coefficient (Wildman–Crippen LogP) is 5.56. The molecule has 2 aromatic heterocycles. The number of hydrogen-bond donors (Lipinski definition) is 1. The van der Waals surface area contributed by atoms with Gasteiger partial charge in [0.05, 0.1) is 11.4 Å². The normalized spacial score (nSPS) is 11.4. The Kier molecular flexibility index (Phi) is 5.35. The second-order valence-electron chi connectivity index (χ2n) is 6.45. The first kappa shape index (κ1) is 18.8. The van der Waals surface area contributed by atoms with Crippen LogP contribution < -0.4 is 5.32 Å². The summed E-state index contributed by atoms with van der Waals surface area (Å²) in [5, 5.41) is 9.39. The van der Waals surface area contributed by atoms with Gasteiger partial charge in [0.25, 0.3) is 5.91 Å². The molecule has 4 rings (SSSR count). The van der Waals surface area contributed by atoms with Crippen LogP contribution in [-0.2, 0) is 4.79 Å². The summed E-state index contributed by atoms with van der Waals surface area (Å²) >= 11 is 1.53. The van der Waals surface area contributed by atoms with Crippen molar-refractivity contribution in [1.82, 2.24) is 9.78 Å². The maximum atomic E-state index is 13.4. The fourth-order valence-electron chi connectivity index (χ4n) is 2.96. The van der Waals surface area contributed by atoms with Gasteiger partial charge in [0.15, 0.2) is 0 Å². The number of thiophene rings is 1. The summed E-state index contributed by atoms with van der Waals surface area (Å²) in [5.74, 6) is -0.0672. The number of benzene rings is 2. The Bertz CT molecular complexity index is 1150. The zero-order chi connectivity index (χ0) is 20.2. The average Bonchev–Trinajstić information content (AvgIpc) is 3.37. The van der Waals surface area contributed by atoms with Gasteiger partial charge >= 0.3 is 0 Å². The summed E-state index contributed by atoms with van der Waals surface area (Å²) in [4.78, 5) is 14.1.